The third kappa shape index (κ3) is 5.44. The number of thiocarbonyl (C=S) groups is 1. The summed E-state index contributed by atoms with van der Waals surface area (Å²) in [5.41, 5.74) is 9.44. The number of nitrogens with zero attached hydrogens (tertiary/aromatic N) is 4. The topological polar surface area (TPSA) is 65.4 Å². The van der Waals surface area contributed by atoms with Crippen LogP contribution >= 0.6 is 12.2 Å². The molecule has 0 saturated carbocycles. The second-order valence-electron chi connectivity index (χ2n) is 11.2. The summed E-state index contributed by atoms with van der Waals surface area (Å²) >= 11 is 5.98. The molecule has 0 radical (unpaired) electrons. The van der Waals surface area contributed by atoms with E-state index in [4.69, 9.17) is 17.2 Å². The number of nitrogens with one attached hydrogen (secondary N) is 2. The van der Waals surface area contributed by atoms with Crippen molar-refractivity contribution in [2.45, 2.75) is 46.7 Å². The summed E-state index contributed by atoms with van der Waals surface area (Å²) in [6.07, 6.45) is 1.83. The number of aromatic nitrogens is 2. The number of carbonyl (C=O) groups is 1. The molecule has 2 atom stereocenters. The molecule has 3 heterocycles. The molecule has 5 rings (SSSR count). The quantitative estimate of drug-likeness (QED) is 0.245. The second kappa shape index (κ2) is 11.4. The zero-order chi connectivity index (χ0) is 29.4. The van der Waals surface area contributed by atoms with Gasteiger partial charge in [0.1, 0.15) is 0 Å². The molecule has 1 aliphatic rings. The normalized spacial score (nSPS) is 16.7. The van der Waals surface area contributed by atoms with E-state index in [9.17, 15) is 4.79 Å². The highest BCUT2D eigenvalue weighted by molar-refractivity contribution is 7.80. The van der Waals surface area contributed by atoms with Gasteiger partial charge in [0.2, 0.25) is 5.91 Å². The fourth-order valence-corrected chi connectivity index (χ4v) is 5.89. The molecule has 1 saturated heterocycles. The number of hydrogen-bond acceptors (Lipinski definition) is 4. The molecule has 7 nitrogen and oxygen atoms in total. The van der Waals surface area contributed by atoms with E-state index in [1.807, 2.05) is 71.4 Å². The van der Waals surface area contributed by atoms with Gasteiger partial charge in [-0.2, -0.15) is 0 Å². The first kappa shape index (κ1) is 28.4. The summed E-state index contributed by atoms with van der Waals surface area (Å²) in [7, 11) is 4.10. The SMILES string of the molecule is Cc1cc(N2C(=S)N[C@@H](c3ccccn3)[C@H]2c2cc(C)n(-c3ccc(N(C)C)cc3)c2C)ccc1NC(=O)C(C)C. The van der Waals surface area contributed by atoms with Crippen LogP contribution in [0.2, 0.25) is 0 Å². The summed E-state index contributed by atoms with van der Waals surface area (Å²) in [5, 5.41) is 7.26. The number of benzene rings is 2. The Morgan fingerprint density at radius 1 is 1.00 bits per heavy atom. The third-order valence-corrected chi connectivity index (χ3v) is 8.10. The van der Waals surface area contributed by atoms with Crippen LogP contribution in [0.3, 0.4) is 0 Å². The fourth-order valence-electron chi connectivity index (χ4n) is 5.55. The molecular formula is C33H38N6OS. The Morgan fingerprint density at radius 2 is 1.71 bits per heavy atom. The summed E-state index contributed by atoms with van der Waals surface area (Å²) in [6.45, 7) is 10.1. The lowest BCUT2D eigenvalue weighted by atomic mass is 9.96. The molecule has 2 N–H and O–H groups in total. The lowest BCUT2D eigenvalue weighted by Gasteiger charge is -2.29. The van der Waals surface area contributed by atoms with Gasteiger partial charge in [0.05, 0.1) is 17.8 Å². The predicted octanol–water partition coefficient (Wildman–Crippen LogP) is 6.64. The Kier molecular flexibility index (Phi) is 7.87. The molecule has 8 heteroatoms. The van der Waals surface area contributed by atoms with E-state index in [0.29, 0.717) is 5.11 Å². The first-order chi connectivity index (χ1) is 19.6. The summed E-state index contributed by atoms with van der Waals surface area (Å²) in [4.78, 5) is 21.4. The standard InChI is InChI=1S/C33H38N6OS/c1-20(2)32(40)35-28-16-15-26(18-21(28)3)39-31(30(36-33(39)41)29-10-8-9-17-34-29)27-19-22(4)38(23(27)5)25-13-11-24(12-14-25)37(6)7/h8-20,30-31H,1-7H3,(H,35,40)(H,36,41)/t30-,31+/m0/s1. The molecule has 2 aromatic carbocycles. The Bertz CT molecular complexity index is 1580. The maximum atomic E-state index is 12.4. The molecule has 4 aromatic rings. The molecule has 212 valence electrons. The van der Waals surface area contributed by atoms with E-state index in [1.165, 1.54) is 5.56 Å². The average molecular weight is 567 g/mol. The van der Waals surface area contributed by atoms with Crippen LogP contribution in [0.25, 0.3) is 5.69 Å². The van der Waals surface area contributed by atoms with E-state index in [2.05, 4.69) is 75.2 Å². The maximum Gasteiger partial charge on any atom is 0.226 e. The van der Waals surface area contributed by atoms with Crippen molar-refractivity contribution < 1.29 is 4.79 Å². The summed E-state index contributed by atoms with van der Waals surface area (Å²) < 4.78 is 2.31. The van der Waals surface area contributed by atoms with Crippen LogP contribution < -0.4 is 20.4 Å². The number of amides is 1. The minimum atomic E-state index is -0.144. The van der Waals surface area contributed by atoms with Gasteiger partial charge in [-0.15, -0.1) is 0 Å². The van der Waals surface area contributed by atoms with Gasteiger partial charge >= 0.3 is 0 Å². The first-order valence-corrected chi connectivity index (χ1v) is 14.4. The van der Waals surface area contributed by atoms with Crippen LogP contribution in [0, 0.1) is 26.7 Å². The number of pyridine rings is 1. The van der Waals surface area contributed by atoms with Crippen molar-refractivity contribution in [2.75, 3.05) is 29.2 Å². The highest BCUT2D eigenvalue weighted by atomic mass is 32.1. The van der Waals surface area contributed by atoms with Gasteiger partial charge in [-0.05, 0) is 105 Å². The second-order valence-corrected chi connectivity index (χ2v) is 11.6. The Hall–Kier alpha value is -4.17. The summed E-state index contributed by atoms with van der Waals surface area (Å²) in [6, 6.07) is 22.7. The minimum absolute atomic E-state index is 0.00152. The van der Waals surface area contributed by atoms with Gasteiger partial charge in [0.25, 0.3) is 0 Å². The monoisotopic (exact) mass is 566 g/mol. The van der Waals surface area contributed by atoms with E-state index in [1.54, 1.807) is 0 Å². The number of aryl methyl sites for hydroxylation is 2. The Balaban J connectivity index is 1.60. The van der Waals surface area contributed by atoms with E-state index in [0.717, 1.165) is 45.4 Å². The van der Waals surface area contributed by atoms with Gasteiger partial charge in [-0.1, -0.05) is 19.9 Å². The number of hydrogen-bond donors (Lipinski definition) is 2. The third-order valence-electron chi connectivity index (χ3n) is 7.78. The molecule has 1 fully saturated rings. The highest BCUT2D eigenvalue weighted by Crippen LogP contribution is 2.44. The average Bonchev–Trinajstić information content (AvgIpc) is 3.44. The van der Waals surface area contributed by atoms with Crippen LogP contribution in [0.1, 0.15) is 54.1 Å². The van der Waals surface area contributed by atoms with Gasteiger partial charge in [-0.25, -0.2) is 0 Å². The van der Waals surface area contributed by atoms with Crippen molar-refractivity contribution in [2.24, 2.45) is 5.92 Å². The molecule has 0 bridgehead atoms. The zero-order valence-electron chi connectivity index (χ0n) is 24.8. The lowest BCUT2D eigenvalue weighted by Crippen LogP contribution is -2.29. The van der Waals surface area contributed by atoms with Gasteiger partial charge in [0.15, 0.2) is 5.11 Å². The van der Waals surface area contributed by atoms with E-state index >= 15 is 0 Å². The van der Waals surface area contributed by atoms with Crippen LogP contribution in [-0.2, 0) is 4.79 Å². The van der Waals surface area contributed by atoms with Crippen molar-refractivity contribution in [3.8, 4) is 5.69 Å². The van der Waals surface area contributed by atoms with Crippen molar-refractivity contribution in [3.63, 3.8) is 0 Å². The van der Waals surface area contributed by atoms with Crippen molar-refractivity contribution in [1.82, 2.24) is 14.9 Å². The predicted molar refractivity (Wildman–Crippen MR) is 172 cm³/mol. The van der Waals surface area contributed by atoms with Crippen LogP contribution in [0.15, 0.2) is 72.9 Å². The molecule has 1 amide bonds. The molecular weight excluding hydrogens is 528 g/mol. The maximum absolute atomic E-state index is 12.4. The largest absolute Gasteiger partial charge is 0.378 e. The molecule has 0 spiro atoms. The van der Waals surface area contributed by atoms with Crippen molar-refractivity contribution >= 4 is 40.3 Å². The smallest absolute Gasteiger partial charge is 0.226 e. The van der Waals surface area contributed by atoms with E-state index < -0.39 is 0 Å². The fraction of sp³-hybridized carbons (Fsp3) is 0.303. The first-order valence-electron chi connectivity index (χ1n) is 14.0. The molecule has 0 unspecified atom stereocenters. The molecule has 1 aliphatic heterocycles. The van der Waals surface area contributed by atoms with Gasteiger partial charge in [0, 0.05) is 60.3 Å². The molecule has 2 aromatic heterocycles. The molecule has 0 aliphatic carbocycles. The van der Waals surface area contributed by atoms with Crippen molar-refractivity contribution in [1.29, 1.82) is 0 Å². The summed E-state index contributed by atoms with van der Waals surface area (Å²) in [5.74, 6) is -0.0966. The Labute approximate surface area is 248 Å². The van der Waals surface area contributed by atoms with Crippen LogP contribution in [0.5, 0.6) is 0 Å². The van der Waals surface area contributed by atoms with Gasteiger partial charge in [-0.3, -0.25) is 9.78 Å². The van der Waals surface area contributed by atoms with Crippen molar-refractivity contribution in [3.05, 3.63) is 101 Å². The molecule has 41 heavy (non-hydrogen) atoms. The number of anilines is 3. The number of carbonyl (C=O) groups excluding carboxylic acids is 1. The number of rotatable bonds is 7. The van der Waals surface area contributed by atoms with E-state index in [-0.39, 0.29) is 23.9 Å². The van der Waals surface area contributed by atoms with Crippen LogP contribution in [-0.4, -0.2) is 34.7 Å². The highest BCUT2D eigenvalue weighted by Gasteiger charge is 2.42. The lowest BCUT2D eigenvalue weighted by molar-refractivity contribution is -0.118. The van der Waals surface area contributed by atoms with Crippen LogP contribution in [0.4, 0.5) is 17.1 Å². The minimum Gasteiger partial charge on any atom is -0.378 e. The Morgan fingerprint density at radius 3 is 2.32 bits per heavy atom. The zero-order valence-corrected chi connectivity index (χ0v) is 25.6. The van der Waals surface area contributed by atoms with Gasteiger partial charge < -0.3 is 25.0 Å².